The quantitative estimate of drug-likeness (QED) is 0.306. The lowest BCUT2D eigenvalue weighted by Crippen LogP contribution is -2.23. The monoisotopic (exact) mass is 380 g/mol. The summed E-state index contributed by atoms with van der Waals surface area (Å²) in [6.07, 6.45) is 13.2. The highest BCUT2D eigenvalue weighted by Crippen LogP contribution is 2.32. The van der Waals surface area contributed by atoms with Gasteiger partial charge in [-0.3, -0.25) is 9.59 Å². The van der Waals surface area contributed by atoms with Crippen molar-refractivity contribution in [1.29, 1.82) is 0 Å². The van der Waals surface area contributed by atoms with Crippen molar-refractivity contribution in [2.24, 2.45) is 11.8 Å². The lowest BCUT2D eigenvalue weighted by atomic mass is 9.93. The molecule has 1 rings (SSSR count). The van der Waals surface area contributed by atoms with Crippen LogP contribution in [0.5, 0.6) is 0 Å². The zero-order valence-corrected chi connectivity index (χ0v) is 17.0. The number of aliphatic hydroxyl groups excluding tert-OH is 1. The van der Waals surface area contributed by atoms with Crippen molar-refractivity contribution in [2.75, 3.05) is 7.11 Å². The molecule has 1 saturated carbocycles. The van der Waals surface area contributed by atoms with Gasteiger partial charge >= 0.3 is 5.97 Å². The molecular formula is C22H36O5. The van der Waals surface area contributed by atoms with Crippen molar-refractivity contribution in [3.8, 4) is 0 Å². The van der Waals surface area contributed by atoms with Crippen LogP contribution in [0.4, 0.5) is 0 Å². The Morgan fingerprint density at radius 1 is 1.30 bits per heavy atom. The number of ether oxygens (including phenoxy) is 1. The summed E-state index contributed by atoms with van der Waals surface area (Å²) in [6, 6.07) is 0. The van der Waals surface area contributed by atoms with E-state index in [-0.39, 0.29) is 17.7 Å². The van der Waals surface area contributed by atoms with Crippen molar-refractivity contribution in [3.05, 3.63) is 24.3 Å². The van der Waals surface area contributed by atoms with Crippen LogP contribution in [-0.4, -0.2) is 40.8 Å². The molecule has 0 aliphatic heterocycles. The summed E-state index contributed by atoms with van der Waals surface area (Å²) in [5.74, 6) is -0.760. The maximum absolute atomic E-state index is 12.5. The van der Waals surface area contributed by atoms with Gasteiger partial charge in [-0.2, -0.15) is 0 Å². The van der Waals surface area contributed by atoms with Crippen LogP contribution in [0.25, 0.3) is 0 Å². The van der Waals surface area contributed by atoms with E-state index >= 15 is 0 Å². The second-order valence-electron chi connectivity index (χ2n) is 7.84. The van der Waals surface area contributed by atoms with Gasteiger partial charge in [0.05, 0.1) is 24.7 Å². The summed E-state index contributed by atoms with van der Waals surface area (Å²) in [4.78, 5) is 23.6. The topological polar surface area (TPSA) is 83.8 Å². The molecule has 0 aromatic rings. The molecule has 4 atom stereocenters. The molecule has 2 N–H and O–H groups in total. The van der Waals surface area contributed by atoms with Gasteiger partial charge in [0.1, 0.15) is 5.78 Å². The second kappa shape index (κ2) is 12.1. The number of carbonyl (C=O) groups is 2. The normalized spacial score (nSPS) is 25.4. The van der Waals surface area contributed by atoms with Crippen LogP contribution in [0.1, 0.15) is 71.6 Å². The molecule has 0 spiro atoms. The molecular weight excluding hydrogens is 344 g/mol. The third-order valence-corrected chi connectivity index (χ3v) is 5.21. The standard InChI is InChI=1S/C22H36O5/c1-4-5-14-22(2,26)15-10-12-18-19(23)16-17(21(18)25)11-8-6-7-9-13-20(24)27-3/h6,8,10,12,17-19,23,26H,4-5,7,9,11,13-16H2,1-3H3/t17-,18-,19-,22-/m1/s1. The van der Waals surface area contributed by atoms with Crippen LogP contribution in [0.15, 0.2) is 24.3 Å². The van der Waals surface area contributed by atoms with Crippen molar-refractivity contribution in [3.63, 3.8) is 0 Å². The number of unbranched alkanes of at least 4 members (excludes halogenated alkanes) is 2. The van der Waals surface area contributed by atoms with Gasteiger partial charge in [0.2, 0.25) is 0 Å². The highest BCUT2D eigenvalue weighted by molar-refractivity contribution is 5.88. The maximum Gasteiger partial charge on any atom is 0.305 e. The van der Waals surface area contributed by atoms with E-state index in [4.69, 9.17) is 0 Å². The van der Waals surface area contributed by atoms with Crippen molar-refractivity contribution in [2.45, 2.75) is 83.3 Å². The van der Waals surface area contributed by atoms with Crippen LogP contribution in [-0.2, 0) is 14.3 Å². The summed E-state index contributed by atoms with van der Waals surface area (Å²) in [7, 11) is 1.38. The van der Waals surface area contributed by atoms with E-state index in [0.29, 0.717) is 25.7 Å². The molecule has 0 heterocycles. The summed E-state index contributed by atoms with van der Waals surface area (Å²) >= 11 is 0. The minimum Gasteiger partial charge on any atom is -0.469 e. The molecule has 1 aliphatic rings. The van der Waals surface area contributed by atoms with Gasteiger partial charge in [0, 0.05) is 12.3 Å². The Morgan fingerprint density at radius 3 is 2.70 bits per heavy atom. The molecule has 0 aromatic heterocycles. The molecule has 154 valence electrons. The number of carbonyl (C=O) groups excluding carboxylic acids is 2. The van der Waals surface area contributed by atoms with Crippen LogP contribution in [0.2, 0.25) is 0 Å². The molecule has 0 aromatic carbocycles. The predicted octanol–water partition coefficient (Wildman–Crippen LogP) is 3.73. The van der Waals surface area contributed by atoms with Crippen molar-refractivity contribution < 1.29 is 24.5 Å². The highest BCUT2D eigenvalue weighted by atomic mass is 16.5. The van der Waals surface area contributed by atoms with E-state index in [1.165, 1.54) is 7.11 Å². The molecule has 0 unspecified atom stereocenters. The predicted molar refractivity (Wildman–Crippen MR) is 106 cm³/mol. The fourth-order valence-electron chi connectivity index (χ4n) is 3.42. The first-order valence-corrected chi connectivity index (χ1v) is 10.1. The second-order valence-corrected chi connectivity index (χ2v) is 7.84. The first-order chi connectivity index (χ1) is 12.8. The fourth-order valence-corrected chi connectivity index (χ4v) is 3.42. The minimum absolute atomic E-state index is 0.0751. The third kappa shape index (κ3) is 8.85. The van der Waals surface area contributed by atoms with Gasteiger partial charge in [-0.25, -0.2) is 0 Å². The molecule has 5 nitrogen and oxygen atoms in total. The maximum atomic E-state index is 12.5. The molecule has 0 amide bonds. The van der Waals surface area contributed by atoms with Crippen molar-refractivity contribution in [1.82, 2.24) is 0 Å². The average molecular weight is 381 g/mol. The smallest absolute Gasteiger partial charge is 0.305 e. The molecule has 0 bridgehead atoms. The Bertz CT molecular complexity index is 521. The van der Waals surface area contributed by atoms with Crippen LogP contribution >= 0.6 is 0 Å². The molecule has 1 fully saturated rings. The third-order valence-electron chi connectivity index (χ3n) is 5.21. The number of hydrogen-bond donors (Lipinski definition) is 2. The molecule has 1 aliphatic carbocycles. The number of esters is 1. The Morgan fingerprint density at radius 2 is 2.04 bits per heavy atom. The van der Waals surface area contributed by atoms with E-state index < -0.39 is 17.6 Å². The van der Waals surface area contributed by atoms with Gasteiger partial charge in [-0.15, -0.1) is 0 Å². The largest absolute Gasteiger partial charge is 0.469 e. The van der Waals surface area contributed by atoms with E-state index in [0.717, 1.165) is 32.1 Å². The van der Waals surface area contributed by atoms with Crippen LogP contribution in [0, 0.1) is 11.8 Å². The van der Waals surface area contributed by atoms with Gasteiger partial charge in [0.25, 0.3) is 0 Å². The molecule has 0 radical (unpaired) electrons. The Labute approximate surface area is 163 Å². The zero-order valence-electron chi connectivity index (χ0n) is 17.0. The summed E-state index contributed by atoms with van der Waals surface area (Å²) in [6.45, 7) is 3.90. The van der Waals surface area contributed by atoms with Gasteiger partial charge in [0.15, 0.2) is 0 Å². The summed E-state index contributed by atoms with van der Waals surface area (Å²) in [5.41, 5.74) is -0.758. The van der Waals surface area contributed by atoms with E-state index in [1.54, 1.807) is 6.08 Å². The number of ketones is 1. The van der Waals surface area contributed by atoms with E-state index in [2.05, 4.69) is 11.7 Å². The van der Waals surface area contributed by atoms with E-state index in [9.17, 15) is 19.8 Å². The SMILES string of the molecule is CCCC[C@@](C)(O)CC=C[C@H]1C(=O)[C@H](CC=CCCCC(=O)OC)C[C@H]1O. The van der Waals surface area contributed by atoms with Crippen LogP contribution < -0.4 is 0 Å². The number of rotatable bonds is 12. The Balaban J connectivity index is 2.40. The number of allylic oxidation sites excluding steroid dienone is 2. The first kappa shape index (κ1) is 23.6. The minimum atomic E-state index is -0.758. The van der Waals surface area contributed by atoms with Gasteiger partial charge < -0.3 is 14.9 Å². The number of methoxy groups -OCH3 is 1. The summed E-state index contributed by atoms with van der Waals surface area (Å²) in [5, 5.41) is 20.5. The first-order valence-electron chi connectivity index (χ1n) is 10.1. The number of aliphatic hydroxyl groups is 2. The van der Waals surface area contributed by atoms with Crippen LogP contribution in [0.3, 0.4) is 0 Å². The number of Topliss-reactive ketones (excluding diaryl/α,β-unsaturated/α-hetero) is 1. The Kier molecular flexibility index (Phi) is 10.6. The fraction of sp³-hybridized carbons (Fsp3) is 0.727. The lowest BCUT2D eigenvalue weighted by molar-refractivity contribution is -0.140. The molecule has 5 heteroatoms. The molecule has 27 heavy (non-hydrogen) atoms. The number of hydrogen-bond acceptors (Lipinski definition) is 5. The van der Waals surface area contributed by atoms with Crippen molar-refractivity contribution >= 4 is 11.8 Å². The van der Waals surface area contributed by atoms with Gasteiger partial charge in [-0.1, -0.05) is 44.1 Å². The lowest BCUT2D eigenvalue weighted by Gasteiger charge is -2.21. The average Bonchev–Trinajstić information content (AvgIpc) is 2.90. The highest BCUT2D eigenvalue weighted by Gasteiger charge is 2.38. The zero-order chi connectivity index (χ0) is 20.3. The van der Waals surface area contributed by atoms with E-state index in [1.807, 2.05) is 25.2 Å². The van der Waals surface area contributed by atoms with Gasteiger partial charge in [-0.05, 0) is 45.4 Å². The Hall–Kier alpha value is -1.46. The molecule has 0 saturated heterocycles. The summed E-state index contributed by atoms with van der Waals surface area (Å²) < 4.78 is 4.59.